The van der Waals surface area contributed by atoms with E-state index in [2.05, 4.69) is 0 Å². The van der Waals surface area contributed by atoms with Gasteiger partial charge in [0.1, 0.15) is 23.0 Å². The van der Waals surface area contributed by atoms with Crippen LogP contribution in [0, 0.1) is 13.8 Å². The number of ether oxygens (including phenoxy) is 3. The Bertz CT molecular complexity index is 1380. The number of rotatable bonds is 8. The summed E-state index contributed by atoms with van der Waals surface area (Å²) in [6, 6.07) is 16.8. The first-order valence-corrected chi connectivity index (χ1v) is 12.2. The summed E-state index contributed by atoms with van der Waals surface area (Å²) in [4.78, 5) is 28.5. The van der Waals surface area contributed by atoms with Gasteiger partial charge in [0.15, 0.2) is 0 Å². The second kappa shape index (κ2) is 10.8. The quantitative estimate of drug-likeness (QED) is 0.241. The van der Waals surface area contributed by atoms with Gasteiger partial charge in [0.25, 0.3) is 11.7 Å². The van der Waals surface area contributed by atoms with E-state index in [1.54, 1.807) is 42.5 Å². The van der Waals surface area contributed by atoms with Crippen LogP contribution in [0.25, 0.3) is 5.76 Å². The third-order valence-corrected chi connectivity index (χ3v) is 6.47. The average Bonchev–Trinajstić information content (AvgIpc) is 3.16. The minimum absolute atomic E-state index is 0.0437. The minimum Gasteiger partial charge on any atom is -0.507 e. The van der Waals surface area contributed by atoms with E-state index in [0.717, 1.165) is 11.1 Å². The molecular weight excluding hydrogens is 470 g/mol. The van der Waals surface area contributed by atoms with Gasteiger partial charge in [-0.1, -0.05) is 24.3 Å². The Morgan fingerprint density at radius 2 is 1.62 bits per heavy atom. The number of methoxy groups -OCH3 is 1. The van der Waals surface area contributed by atoms with Crippen molar-refractivity contribution in [2.75, 3.05) is 25.2 Å². The first-order chi connectivity index (χ1) is 17.8. The van der Waals surface area contributed by atoms with Crippen LogP contribution in [0.3, 0.4) is 0 Å². The van der Waals surface area contributed by atoms with Crippen molar-refractivity contribution in [1.29, 1.82) is 0 Å². The molecule has 37 heavy (non-hydrogen) atoms. The molecule has 1 saturated heterocycles. The highest BCUT2D eigenvalue weighted by Crippen LogP contribution is 2.46. The Hall–Kier alpha value is -4.26. The van der Waals surface area contributed by atoms with Gasteiger partial charge >= 0.3 is 0 Å². The fourth-order valence-corrected chi connectivity index (χ4v) is 4.54. The second-order valence-electron chi connectivity index (χ2n) is 8.70. The summed E-state index contributed by atoms with van der Waals surface area (Å²) in [6.07, 6.45) is 0. The molecule has 1 atom stereocenters. The lowest BCUT2D eigenvalue weighted by atomic mass is 9.94. The molecule has 192 valence electrons. The first-order valence-electron chi connectivity index (χ1n) is 12.2. The monoisotopic (exact) mass is 501 g/mol. The number of aryl methyl sites for hydroxylation is 2. The number of nitrogens with zero attached hydrogens (tertiary/aromatic N) is 1. The summed E-state index contributed by atoms with van der Waals surface area (Å²) in [7, 11) is 1.53. The van der Waals surface area contributed by atoms with Gasteiger partial charge in [-0.2, -0.15) is 0 Å². The second-order valence-corrected chi connectivity index (χ2v) is 8.70. The lowest BCUT2D eigenvalue weighted by Gasteiger charge is -2.27. The van der Waals surface area contributed by atoms with Crippen molar-refractivity contribution in [2.24, 2.45) is 0 Å². The zero-order valence-electron chi connectivity index (χ0n) is 21.7. The molecule has 3 aromatic carbocycles. The lowest BCUT2D eigenvalue weighted by molar-refractivity contribution is -0.132. The maximum Gasteiger partial charge on any atom is 0.300 e. The van der Waals surface area contributed by atoms with E-state index >= 15 is 0 Å². The molecule has 1 amide bonds. The summed E-state index contributed by atoms with van der Waals surface area (Å²) < 4.78 is 17.0. The SMILES string of the molecule is CCOc1ccc(/C(O)=C2\C(=O)C(=O)N(c3ccc(C)c(C)c3)C2c2ccccc2OC)c(OCC)c1. The molecule has 1 heterocycles. The molecule has 1 N–H and O–H groups in total. The molecule has 1 aliphatic heterocycles. The average molecular weight is 502 g/mol. The van der Waals surface area contributed by atoms with Gasteiger partial charge in [0.2, 0.25) is 0 Å². The topological polar surface area (TPSA) is 85.3 Å². The Morgan fingerprint density at radius 3 is 2.30 bits per heavy atom. The van der Waals surface area contributed by atoms with Crippen LogP contribution in [0.15, 0.2) is 66.2 Å². The number of hydrogen-bond acceptors (Lipinski definition) is 6. The molecule has 3 aromatic rings. The van der Waals surface area contributed by atoms with Crippen LogP contribution >= 0.6 is 0 Å². The van der Waals surface area contributed by atoms with Crippen LogP contribution in [-0.2, 0) is 9.59 Å². The van der Waals surface area contributed by atoms with Crippen molar-refractivity contribution >= 4 is 23.1 Å². The maximum atomic E-state index is 13.6. The first kappa shape index (κ1) is 25.8. The van der Waals surface area contributed by atoms with Gasteiger partial charge < -0.3 is 19.3 Å². The Kier molecular flexibility index (Phi) is 7.53. The van der Waals surface area contributed by atoms with Crippen LogP contribution in [0.1, 0.15) is 42.1 Å². The molecule has 0 saturated carbocycles. The van der Waals surface area contributed by atoms with E-state index < -0.39 is 17.7 Å². The van der Waals surface area contributed by atoms with Gasteiger partial charge in [0, 0.05) is 17.3 Å². The van der Waals surface area contributed by atoms with Crippen molar-refractivity contribution in [3.05, 3.63) is 88.5 Å². The van der Waals surface area contributed by atoms with Crippen molar-refractivity contribution in [2.45, 2.75) is 33.7 Å². The van der Waals surface area contributed by atoms with Crippen molar-refractivity contribution in [3.8, 4) is 17.2 Å². The molecule has 0 aliphatic carbocycles. The third-order valence-electron chi connectivity index (χ3n) is 6.47. The highest BCUT2D eigenvalue weighted by molar-refractivity contribution is 6.51. The van der Waals surface area contributed by atoms with Gasteiger partial charge in [-0.05, 0) is 69.2 Å². The molecule has 1 unspecified atom stereocenters. The van der Waals surface area contributed by atoms with Crippen LogP contribution in [0.4, 0.5) is 5.69 Å². The zero-order valence-corrected chi connectivity index (χ0v) is 21.7. The van der Waals surface area contributed by atoms with E-state index in [0.29, 0.717) is 47.3 Å². The molecule has 4 rings (SSSR count). The molecule has 0 aromatic heterocycles. The largest absolute Gasteiger partial charge is 0.507 e. The molecule has 0 bridgehead atoms. The van der Waals surface area contributed by atoms with Crippen LogP contribution in [-0.4, -0.2) is 37.1 Å². The summed E-state index contributed by atoms with van der Waals surface area (Å²) in [5.74, 6) is -0.438. The predicted octanol–water partition coefficient (Wildman–Crippen LogP) is 5.74. The lowest BCUT2D eigenvalue weighted by Crippen LogP contribution is -2.29. The number of carbonyl (C=O) groups excluding carboxylic acids is 2. The Morgan fingerprint density at radius 1 is 0.892 bits per heavy atom. The maximum absolute atomic E-state index is 13.6. The zero-order chi connectivity index (χ0) is 26.7. The number of amides is 1. The highest BCUT2D eigenvalue weighted by atomic mass is 16.5. The standard InChI is InChI=1S/C30H31NO6/c1-6-36-21-14-15-23(25(17-21)37-7-2)28(32)26-27(22-10-8-9-11-24(22)35-5)31(30(34)29(26)33)20-13-12-18(3)19(4)16-20/h8-17,27,32H,6-7H2,1-5H3/b28-26+. The van der Waals surface area contributed by atoms with Crippen molar-refractivity contribution < 1.29 is 28.9 Å². The number of ketones is 1. The number of carbonyl (C=O) groups is 2. The third kappa shape index (κ3) is 4.77. The summed E-state index contributed by atoms with van der Waals surface area (Å²) >= 11 is 0. The van der Waals surface area contributed by atoms with Crippen LogP contribution in [0.2, 0.25) is 0 Å². The highest BCUT2D eigenvalue weighted by Gasteiger charge is 2.48. The van der Waals surface area contributed by atoms with Crippen molar-refractivity contribution in [3.63, 3.8) is 0 Å². The normalized spacial score (nSPS) is 16.7. The van der Waals surface area contributed by atoms with Gasteiger partial charge in [-0.3, -0.25) is 14.5 Å². The predicted molar refractivity (Wildman–Crippen MR) is 142 cm³/mol. The molecule has 7 heteroatoms. The van der Waals surface area contributed by atoms with Crippen LogP contribution in [0.5, 0.6) is 17.2 Å². The fraction of sp³-hybridized carbons (Fsp3) is 0.267. The number of aliphatic hydroxyl groups excluding tert-OH is 1. The van der Waals surface area contributed by atoms with Gasteiger partial charge in [0.05, 0.1) is 37.5 Å². The molecule has 0 radical (unpaired) electrons. The number of para-hydroxylation sites is 1. The van der Waals surface area contributed by atoms with E-state index in [4.69, 9.17) is 14.2 Å². The molecular formula is C30H31NO6. The van der Waals surface area contributed by atoms with E-state index in [9.17, 15) is 14.7 Å². The van der Waals surface area contributed by atoms with E-state index in [1.807, 2.05) is 45.9 Å². The molecule has 1 aliphatic rings. The summed E-state index contributed by atoms with van der Waals surface area (Å²) in [5, 5.41) is 11.6. The Labute approximate surface area is 216 Å². The number of hydrogen-bond donors (Lipinski definition) is 1. The van der Waals surface area contributed by atoms with E-state index in [-0.39, 0.29) is 11.3 Å². The van der Waals surface area contributed by atoms with Crippen LogP contribution < -0.4 is 19.1 Å². The summed E-state index contributed by atoms with van der Waals surface area (Å²) in [5.41, 5.74) is 3.42. The number of benzene rings is 3. The Balaban J connectivity index is 1.99. The van der Waals surface area contributed by atoms with Gasteiger partial charge in [-0.15, -0.1) is 0 Å². The molecule has 0 spiro atoms. The summed E-state index contributed by atoms with van der Waals surface area (Å²) in [6.45, 7) is 8.42. The van der Waals surface area contributed by atoms with Crippen molar-refractivity contribution in [1.82, 2.24) is 0 Å². The molecule has 7 nitrogen and oxygen atoms in total. The molecule has 1 fully saturated rings. The number of Topliss-reactive ketones (excluding diaryl/α,β-unsaturated/α-hetero) is 1. The fourth-order valence-electron chi connectivity index (χ4n) is 4.54. The number of anilines is 1. The number of aliphatic hydroxyl groups is 1. The minimum atomic E-state index is -0.917. The van der Waals surface area contributed by atoms with E-state index in [1.165, 1.54) is 12.0 Å². The smallest absolute Gasteiger partial charge is 0.300 e. The van der Waals surface area contributed by atoms with Gasteiger partial charge in [-0.25, -0.2) is 0 Å².